The minimum Gasteiger partial charge on any atom is -0.406 e. The Morgan fingerprint density at radius 3 is 2.33 bits per heavy atom. The van der Waals surface area contributed by atoms with Gasteiger partial charge in [-0.3, -0.25) is 9.69 Å². The van der Waals surface area contributed by atoms with Gasteiger partial charge in [0.2, 0.25) is 10.0 Å². The molecule has 3 aromatic rings. The first-order valence-corrected chi connectivity index (χ1v) is 11.3. The van der Waals surface area contributed by atoms with Crippen molar-refractivity contribution in [3.63, 3.8) is 0 Å². The molecule has 1 aliphatic heterocycles. The van der Waals surface area contributed by atoms with E-state index in [4.69, 9.17) is 4.52 Å². The summed E-state index contributed by atoms with van der Waals surface area (Å²) >= 11 is 0. The zero-order chi connectivity index (χ0) is 24.0. The second-order valence-electron chi connectivity index (χ2n) is 7.54. The highest BCUT2D eigenvalue weighted by Gasteiger charge is 2.32. The van der Waals surface area contributed by atoms with Gasteiger partial charge >= 0.3 is 6.36 Å². The lowest BCUT2D eigenvalue weighted by Crippen LogP contribution is -2.49. The quantitative estimate of drug-likeness (QED) is 0.536. The Hall–Kier alpha value is -2.97. The van der Waals surface area contributed by atoms with Crippen LogP contribution in [0.25, 0.3) is 10.9 Å². The SMILES string of the molecule is Cc1nn(CN2CCN(S(=O)(=O)c3ccc(OC(F)(F)F)cc3)CC2)c(=O)c2noc(C)c12. The van der Waals surface area contributed by atoms with Crippen molar-refractivity contribution in [1.82, 2.24) is 24.1 Å². The molecule has 33 heavy (non-hydrogen) atoms. The van der Waals surface area contributed by atoms with Crippen LogP contribution in [0.5, 0.6) is 5.75 Å². The summed E-state index contributed by atoms with van der Waals surface area (Å²) in [6.07, 6.45) is -4.86. The molecule has 0 unspecified atom stereocenters. The van der Waals surface area contributed by atoms with E-state index in [1.807, 2.05) is 4.90 Å². The molecule has 0 bridgehead atoms. The lowest BCUT2D eigenvalue weighted by atomic mass is 10.2. The van der Waals surface area contributed by atoms with Crippen LogP contribution in [0.2, 0.25) is 0 Å². The summed E-state index contributed by atoms with van der Waals surface area (Å²) in [6, 6.07) is 4.06. The monoisotopic (exact) mass is 487 g/mol. The number of benzene rings is 1. The number of halogens is 3. The third-order valence-corrected chi connectivity index (χ3v) is 7.21. The van der Waals surface area contributed by atoms with E-state index in [9.17, 15) is 26.4 Å². The van der Waals surface area contributed by atoms with Gasteiger partial charge in [-0.05, 0) is 38.1 Å². The van der Waals surface area contributed by atoms with Gasteiger partial charge in [0, 0.05) is 26.2 Å². The van der Waals surface area contributed by atoms with Crippen molar-refractivity contribution in [2.75, 3.05) is 26.2 Å². The zero-order valence-electron chi connectivity index (χ0n) is 17.7. The van der Waals surface area contributed by atoms with Crippen molar-refractivity contribution >= 4 is 20.9 Å². The van der Waals surface area contributed by atoms with Crippen LogP contribution in [0.1, 0.15) is 11.5 Å². The predicted molar refractivity (Wildman–Crippen MR) is 109 cm³/mol. The van der Waals surface area contributed by atoms with E-state index in [0.717, 1.165) is 24.3 Å². The minimum atomic E-state index is -4.86. The molecular weight excluding hydrogens is 467 g/mol. The van der Waals surface area contributed by atoms with Crippen molar-refractivity contribution in [3.8, 4) is 5.75 Å². The average Bonchev–Trinajstić information content (AvgIpc) is 3.14. The molecule has 178 valence electrons. The van der Waals surface area contributed by atoms with E-state index < -0.39 is 27.7 Å². The Bertz CT molecular complexity index is 1330. The summed E-state index contributed by atoms with van der Waals surface area (Å²) < 4.78 is 74.0. The van der Waals surface area contributed by atoms with Crippen LogP contribution in [0.3, 0.4) is 0 Å². The molecule has 1 saturated heterocycles. The van der Waals surface area contributed by atoms with Gasteiger partial charge in [-0.1, -0.05) is 5.16 Å². The number of hydrogen-bond donors (Lipinski definition) is 0. The molecule has 1 aliphatic rings. The maximum Gasteiger partial charge on any atom is 0.573 e. The summed E-state index contributed by atoms with van der Waals surface area (Å²) in [7, 11) is -3.90. The van der Waals surface area contributed by atoms with Crippen LogP contribution in [-0.2, 0) is 16.7 Å². The van der Waals surface area contributed by atoms with Crippen LogP contribution >= 0.6 is 0 Å². The Balaban J connectivity index is 1.43. The predicted octanol–water partition coefficient (Wildman–Crippen LogP) is 1.86. The first kappa shape index (κ1) is 23.2. The van der Waals surface area contributed by atoms with E-state index in [-0.39, 0.29) is 30.2 Å². The van der Waals surface area contributed by atoms with Crippen molar-refractivity contribution in [3.05, 3.63) is 46.1 Å². The van der Waals surface area contributed by atoms with Gasteiger partial charge in [-0.15, -0.1) is 13.2 Å². The molecule has 0 amide bonds. The molecule has 0 spiro atoms. The first-order chi connectivity index (χ1) is 15.5. The number of fused-ring (bicyclic) bond motifs is 1. The van der Waals surface area contributed by atoms with Crippen LogP contribution in [0.15, 0.2) is 38.5 Å². The molecule has 0 N–H and O–H groups in total. The highest BCUT2D eigenvalue weighted by molar-refractivity contribution is 7.89. The molecular formula is C19H20F3N5O5S. The van der Waals surface area contributed by atoms with E-state index in [1.165, 1.54) is 8.99 Å². The molecule has 0 aliphatic carbocycles. The molecule has 3 heterocycles. The van der Waals surface area contributed by atoms with Crippen LogP contribution < -0.4 is 10.3 Å². The summed E-state index contributed by atoms with van der Waals surface area (Å²) in [5.41, 5.74) is 0.394. The van der Waals surface area contributed by atoms with Crippen molar-refractivity contribution in [1.29, 1.82) is 0 Å². The van der Waals surface area contributed by atoms with E-state index >= 15 is 0 Å². The number of ether oxygens (including phenoxy) is 1. The summed E-state index contributed by atoms with van der Waals surface area (Å²) in [4.78, 5) is 14.4. The fraction of sp³-hybridized carbons (Fsp3) is 0.421. The second-order valence-corrected chi connectivity index (χ2v) is 9.47. The number of aryl methyl sites for hydroxylation is 2. The van der Waals surface area contributed by atoms with E-state index in [2.05, 4.69) is 15.0 Å². The Morgan fingerprint density at radius 2 is 1.73 bits per heavy atom. The van der Waals surface area contributed by atoms with Gasteiger partial charge < -0.3 is 9.26 Å². The smallest absolute Gasteiger partial charge is 0.406 e. The molecule has 10 nitrogen and oxygen atoms in total. The third kappa shape index (κ3) is 4.72. The van der Waals surface area contributed by atoms with E-state index in [0.29, 0.717) is 29.9 Å². The van der Waals surface area contributed by atoms with Crippen LogP contribution in [0.4, 0.5) is 13.2 Å². The number of rotatable bonds is 5. The highest BCUT2D eigenvalue weighted by Crippen LogP contribution is 2.25. The molecule has 2 aromatic heterocycles. The number of nitrogens with zero attached hydrogens (tertiary/aromatic N) is 5. The van der Waals surface area contributed by atoms with Gasteiger partial charge in [-0.2, -0.15) is 9.40 Å². The lowest BCUT2D eigenvalue weighted by Gasteiger charge is -2.33. The largest absolute Gasteiger partial charge is 0.573 e. The van der Waals surface area contributed by atoms with Gasteiger partial charge in [0.1, 0.15) is 11.5 Å². The standard InChI is InChI=1S/C19H20F3N5O5S/c1-12-16-13(2)32-24-17(16)18(28)27(23-12)11-25-7-9-26(10-8-25)33(29,30)15-5-3-14(4-6-15)31-19(20,21)22/h3-6H,7-11H2,1-2H3. The minimum absolute atomic E-state index is 0.133. The van der Waals surface area contributed by atoms with Crippen LogP contribution in [0, 0.1) is 13.8 Å². The topological polar surface area (TPSA) is 111 Å². The normalized spacial score (nSPS) is 16.4. The van der Waals surface area contributed by atoms with Gasteiger partial charge in [0.05, 0.1) is 22.6 Å². The highest BCUT2D eigenvalue weighted by atomic mass is 32.2. The number of sulfonamides is 1. The summed E-state index contributed by atoms with van der Waals surface area (Å²) in [5.74, 6) is 0.00912. The Morgan fingerprint density at radius 1 is 1.09 bits per heavy atom. The van der Waals surface area contributed by atoms with Crippen LogP contribution in [-0.4, -0.2) is 65.1 Å². The van der Waals surface area contributed by atoms with Crippen molar-refractivity contribution < 1.29 is 30.8 Å². The van der Waals surface area contributed by atoms with E-state index in [1.54, 1.807) is 13.8 Å². The van der Waals surface area contributed by atoms with Crippen molar-refractivity contribution in [2.24, 2.45) is 0 Å². The fourth-order valence-electron chi connectivity index (χ4n) is 3.70. The molecule has 4 rings (SSSR count). The van der Waals surface area contributed by atoms with Gasteiger partial charge in [0.25, 0.3) is 5.56 Å². The molecule has 0 saturated carbocycles. The summed E-state index contributed by atoms with van der Waals surface area (Å²) in [5, 5.41) is 8.71. The molecule has 0 radical (unpaired) electrons. The second kappa shape index (κ2) is 8.43. The average molecular weight is 487 g/mol. The number of aromatic nitrogens is 3. The maximum atomic E-state index is 12.9. The fourth-order valence-corrected chi connectivity index (χ4v) is 5.12. The summed E-state index contributed by atoms with van der Waals surface area (Å²) in [6.45, 7) is 4.54. The molecule has 14 heteroatoms. The number of alkyl halides is 3. The third-order valence-electron chi connectivity index (χ3n) is 5.29. The first-order valence-electron chi connectivity index (χ1n) is 9.88. The number of piperazine rings is 1. The number of hydrogen-bond acceptors (Lipinski definition) is 8. The molecule has 0 atom stereocenters. The van der Waals surface area contributed by atoms with Gasteiger partial charge in [-0.25, -0.2) is 13.1 Å². The Kier molecular flexibility index (Phi) is 5.92. The maximum absolute atomic E-state index is 12.9. The molecule has 1 aromatic carbocycles. The molecule has 1 fully saturated rings. The Labute approximate surface area is 186 Å². The van der Waals surface area contributed by atoms with Crippen molar-refractivity contribution in [2.45, 2.75) is 31.8 Å². The zero-order valence-corrected chi connectivity index (χ0v) is 18.5. The van der Waals surface area contributed by atoms with Gasteiger partial charge in [0.15, 0.2) is 5.52 Å². The lowest BCUT2D eigenvalue weighted by molar-refractivity contribution is -0.274.